The van der Waals surface area contributed by atoms with Crippen LogP contribution >= 0.6 is 11.8 Å². The van der Waals surface area contributed by atoms with Gasteiger partial charge in [-0.2, -0.15) is 5.10 Å². The van der Waals surface area contributed by atoms with Crippen molar-refractivity contribution in [1.29, 1.82) is 5.41 Å². The van der Waals surface area contributed by atoms with Gasteiger partial charge in [0.2, 0.25) is 0 Å². The van der Waals surface area contributed by atoms with Gasteiger partial charge in [0, 0.05) is 17.6 Å². The number of hydrogen-bond donors (Lipinski definition) is 2. The van der Waals surface area contributed by atoms with Gasteiger partial charge < -0.3 is 4.74 Å². The molecule has 0 spiro atoms. The summed E-state index contributed by atoms with van der Waals surface area (Å²) in [6.07, 6.45) is 1.78. The van der Waals surface area contributed by atoms with Gasteiger partial charge >= 0.3 is 0 Å². The maximum absolute atomic E-state index is 8.87. The van der Waals surface area contributed by atoms with E-state index in [1.165, 1.54) is 11.8 Å². The molecule has 4 aromatic rings. The first-order chi connectivity index (χ1) is 13.7. The van der Waals surface area contributed by atoms with E-state index in [1.54, 1.807) is 6.20 Å². The Labute approximate surface area is 166 Å². The standard InChI is InChI=1S/C20H20N6OS/c1-3-27-16-10-5-4-9-15(16)26-18(21)17-13(2)24-25-19(17)23-20(26)28-12-14-8-6-7-11-22-14/h4-11,21H,3,12H2,1-2H3,(H,24,25). The summed E-state index contributed by atoms with van der Waals surface area (Å²) < 4.78 is 7.63. The summed E-state index contributed by atoms with van der Waals surface area (Å²) in [5.74, 6) is 1.35. The molecule has 1 aromatic carbocycles. The predicted octanol–water partition coefficient (Wildman–Crippen LogP) is 3.62. The number of aromatic nitrogens is 5. The van der Waals surface area contributed by atoms with Crippen molar-refractivity contribution in [3.63, 3.8) is 0 Å². The molecular weight excluding hydrogens is 372 g/mol. The van der Waals surface area contributed by atoms with Gasteiger partial charge in [-0.1, -0.05) is 30.0 Å². The molecule has 0 amide bonds. The highest BCUT2D eigenvalue weighted by atomic mass is 32.2. The zero-order valence-electron chi connectivity index (χ0n) is 15.6. The second-order valence-corrected chi connectivity index (χ2v) is 7.08. The molecule has 0 radical (unpaired) electrons. The number of fused-ring (bicyclic) bond motifs is 1. The first-order valence-electron chi connectivity index (χ1n) is 8.96. The van der Waals surface area contributed by atoms with Gasteiger partial charge in [0.1, 0.15) is 11.2 Å². The van der Waals surface area contributed by atoms with E-state index >= 15 is 0 Å². The van der Waals surface area contributed by atoms with Crippen LogP contribution in [0.1, 0.15) is 18.3 Å². The topological polar surface area (TPSA) is 92.5 Å². The summed E-state index contributed by atoms with van der Waals surface area (Å²) >= 11 is 1.52. The first kappa shape index (κ1) is 18.2. The molecule has 142 valence electrons. The third-order valence-electron chi connectivity index (χ3n) is 4.26. The Kier molecular flexibility index (Phi) is 5.12. The van der Waals surface area contributed by atoms with E-state index in [1.807, 2.05) is 60.9 Å². The highest BCUT2D eigenvalue weighted by Crippen LogP contribution is 2.28. The molecule has 2 N–H and O–H groups in total. The second kappa shape index (κ2) is 7.85. The zero-order valence-corrected chi connectivity index (χ0v) is 16.5. The monoisotopic (exact) mass is 392 g/mol. The van der Waals surface area contributed by atoms with Crippen molar-refractivity contribution >= 4 is 22.8 Å². The Morgan fingerprint density at radius 2 is 2.00 bits per heavy atom. The molecule has 0 aliphatic rings. The number of ether oxygens (including phenoxy) is 1. The van der Waals surface area contributed by atoms with E-state index in [0.29, 0.717) is 39.8 Å². The minimum absolute atomic E-state index is 0.326. The molecule has 0 atom stereocenters. The van der Waals surface area contributed by atoms with E-state index in [9.17, 15) is 0 Å². The quantitative estimate of drug-likeness (QED) is 0.386. The Morgan fingerprint density at radius 3 is 2.79 bits per heavy atom. The lowest BCUT2D eigenvalue weighted by molar-refractivity contribution is 0.338. The van der Waals surface area contributed by atoms with Crippen LogP contribution in [-0.4, -0.2) is 31.3 Å². The molecule has 0 aliphatic heterocycles. The van der Waals surface area contributed by atoms with Crippen molar-refractivity contribution in [2.24, 2.45) is 0 Å². The highest BCUT2D eigenvalue weighted by molar-refractivity contribution is 7.98. The summed E-state index contributed by atoms with van der Waals surface area (Å²) in [7, 11) is 0. The van der Waals surface area contributed by atoms with Crippen LogP contribution in [0.5, 0.6) is 5.75 Å². The lowest BCUT2D eigenvalue weighted by atomic mass is 10.2. The number of hydrogen-bond acceptors (Lipinski definition) is 6. The Balaban J connectivity index is 1.89. The Hall–Kier alpha value is -3.13. The third kappa shape index (κ3) is 3.38. The van der Waals surface area contributed by atoms with Crippen LogP contribution in [0.2, 0.25) is 0 Å². The van der Waals surface area contributed by atoms with E-state index in [-0.39, 0.29) is 0 Å². The highest BCUT2D eigenvalue weighted by Gasteiger charge is 2.17. The third-order valence-corrected chi connectivity index (χ3v) is 5.23. The number of nitrogens with zero attached hydrogens (tertiary/aromatic N) is 4. The van der Waals surface area contributed by atoms with Crippen LogP contribution in [0.4, 0.5) is 0 Å². The molecule has 28 heavy (non-hydrogen) atoms. The molecule has 7 nitrogen and oxygen atoms in total. The van der Waals surface area contributed by atoms with E-state index in [0.717, 1.165) is 17.1 Å². The zero-order chi connectivity index (χ0) is 19.5. The van der Waals surface area contributed by atoms with Crippen molar-refractivity contribution < 1.29 is 4.74 Å². The molecule has 3 aromatic heterocycles. The number of pyridine rings is 1. The maximum Gasteiger partial charge on any atom is 0.187 e. The van der Waals surface area contributed by atoms with Crippen LogP contribution in [0.25, 0.3) is 16.7 Å². The van der Waals surface area contributed by atoms with E-state index in [4.69, 9.17) is 15.1 Å². The maximum atomic E-state index is 8.87. The fraction of sp³-hybridized carbons (Fsp3) is 0.200. The summed E-state index contributed by atoms with van der Waals surface area (Å²) in [5.41, 5.74) is 3.41. The lowest BCUT2D eigenvalue weighted by Gasteiger charge is -2.16. The minimum atomic E-state index is 0.326. The van der Waals surface area contributed by atoms with Gasteiger partial charge in [0.05, 0.1) is 23.4 Å². The van der Waals surface area contributed by atoms with Crippen molar-refractivity contribution in [2.75, 3.05) is 6.61 Å². The van der Waals surface area contributed by atoms with Crippen molar-refractivity contribution in [2.45, 2.75) is 24.8 Å². The number of aryl methyl sites for hydroxylation is 1. The number of aromatic amines is 1. The van der Waals surface area contributed by atoms with E-state index < -0.39 is 0 Å². The molecular formula is C20H20N6OS. The second-order valence-electron chi connectivity index (χ2n) is 6.14. The van der Waals surface area contributed by atoms with Crippen LogP contribution in [0.15, 0.2) is 53.8 Å². The molecule has 0 aliphatic carbocycles. The number of para-hydroxylation sites is 2. The Bertz CT molecular complexity index is 1170. The van der Waals surface area contributed by atoms with Gasteiger partial charge in [-0.05, 0) is 38.1 Å². The fourth-order valence-electron chi connectivity index (χ4n) is 2.99. The molecule has 0 fully saturated rings. The van der Waals surface area contributed by atoms with E-state index in [2.05, 4.69) is 15.2 Å². The average molecular weight is 392 g/mol. The molecule has 0 unspecified atom stereocenters. The number of thioether (sulfide) groups is 1. The van der Waals surface area contributed by atoms with Gasteiger partial charge in [0.25, 0.3) is 0 Å². The summed E-state index contributed by atoms with van der Waals surface area (Å²) in [6, 6.07) is 13.5. The van der Waals surface area contributed by atoms with Gasteiger partial charge in [0.15, 0.2) is 10.8 Å². The number of H-pyrrole nitrogens is 1. The van der Waals surface area contributed by atoms with Gasteiger partial charge in [-0.15, -0.1) is 0 Å². The minimum Gasteiger partial charge on any atom is -0.492 e. The number of rotatable bonds is 6. The van der Waals surface area contributed by atoms with Crippen LogP contribution < -0.4 is 10.2 Å². The van der Waals surface area contributed by atoms with Gasteiger partial charge in [-0.3, -0.25) is 20.1 Å². The first-order valence-corrected chi connectivity index (χ1v) is 9.94. The average Bonchev–Trinajstić information content (AvgIpc) is 3.09. The smallest absolute Gasteiger partial charge is 0.187 e. The molecule has 3 heterocycles. The molecule has 0 saturated carbocycles. The van der Waals surface area contributed by atoms with Crippen LogP contribution in [-0.2, 0) is 5.75 Å². The lowest BCUT2D eigenvalue weighted by Crippen LogP contribution is -2.22. The van der Waals surface area contributed by atoms with Crippen LogP contribution in [0, 0.1) is 12.3 Å². The predicted molar refractivity (Wildman–Crippen MR) is 109 cm³/mol. The van der Waals surface area contributed by atoms with Gasteiger partial charge in [-0.25, -0.2) is 4.98 Å². The number of nitrogens with one attached hydrogen (secondary N) is 2. The Morgan fingerprint density at radius 1 is 1.18 bits per heavy atom. The van der Waals surface area contributed by atoms with Crippen molar-refractivity contribution in [1.82, 2.24) is 24.7 Å². The fourth-order valence-corrected chi connectivity index (χ4v) is 3.91. The molecule has 0 bridgehead atoms. The largest absolute Gasteiger partial charge is 0.492 e. The van der Waals surface area contributed by atoms with Crippen molar-refractivity contribution in [3.8, 4) is 11.4 Å². The molecule has 0 saturated heterocycles. The summed E-state index contributed by atoms with van der Waals surface area (Å²) in [4.78, 5) is 9.11. The summed E-state index contributed by atoms with van der Waals surface area (Å²) in [6.45, 7) is 4.39. The van der Waals surface area contributed by atoms with Crippen molar-refractivity contribution in [3.05, 3.63) is 65.5 Å². The van der Waals surface area contributed by atoms with Crippen LogP contribution in [0.3, 0.4) is 0 Å². The normalized spacial score (nSPS) is 11.1. The SMILES string of the molecule is CCOc1ccccc1-n1c(SCc2ccccn2)nc2n[nH]c(C)c2c1=N. The summed E-state index contributed by atoms with van der Waals surface area (Å²) in [5, 5.41) is 17.4. The molecule has 8 heteroatoms. The number of benzene rings is 1. The molecule has 4 rings (SSSR count).